The molecule has 0 saturated carbocycles. The van der Waals surface area contributed by atoms with Gasteiger partial charge >= 0.3 is 0 Å². The quantitative estimate of drug-likeness (QED) is 0.328. The Morgan fingerprint density at radius 2 is 1.57 bits per heavy atom. The van der Waals surface area contributed by atoms with Crippen LogP contribution in [-0.4, -0.2) is 36.4 Å². The Balaban J connectivity index is 1.43. The summed E-state index contributed by atoms with van der Waals surface area (Å²) in [5.74, 6) is -0.824. The fourth-order valence-corrected chi connectivity index (χ4v) is 7.39. The third-order valence-corrected chi connectivity index (χ3v) is 9.15. The predicted molar refractivity (Wildman–Crippen MR) is 158 cm³/mol. The first-order chi connectivity index (χ1) is 20.5. The molecule has 1 saturated heterocycles. The minimum atomic E-state index is -1.37. The number of nitrogens with one attached hydrogen (secondary N) is 1. The summed E-state index contributed by atoms with van der Waals surface area (Å²) in [4.78, 5) is 46.2. The third-order valence-electron chi connectivity index (χ3n) is 9.15. The van der Waals surface area contributed by atoms with E-state index in [1.807, 2.05) is 78.6 Å². The van der Waals surface area contributed by atoms with Gasteiger partial charge in [-0.25, -0.2) is 0 Å². The summed E-state index contributed by atoms with van der Waals surface area (Å²) in [6.07, 6.45) is 2.06. The minimum Gasteiger partial charge on any atom is -0.454 e. The summed E-state index contributed by atoms with van der Waals surface area (Å²) in [5, 5.41) is 3.08. The number of amides is 1. The van der Waals surface area contributed by atoms with Crippen molar-refractivity contribution in [2.75, 3.05) is 17.0 Å². The van der Waals surface area contributed by atoms with Crippen molar-refractivity contribution in [1.82, 2.24) is 0 Å². The topological polar surface area (TPSA) is 84.9 Å². The van der Waals surface area contributed by atoms with Gasteiger partial charge in [0, 0.05) is 28.1 Å². The van der Waals surface area contributed by atoms with E-state index in [1.54, 1.807) is 30.3 Å². The fraction of sp³-hybridized carbons (Fsp3) is 0.171. The number of benzene rings is 4. The molecule has 0 bridgehead atoms. The highest BCUT2D eigenvalue weighted by Crippen LogP contribution is 2.59. The average molecular weight is 555 g/mol. The van der Waals surface area contributed by atoms with E-state index < -0.39 is 23.4 Å². The molecular weight excluding hydrogens is 528 g/mol. The number of para-hydroxylation sites is 2. The third kappa shape index (κ3) is 3.19. The van der Waals surface area contributed by atoms with Crippen molar-refractivity contribution in [1.29, 1.82) is 0 Å². The van der Waals surface area contributed by atoms with E-state index in [1.165, 1.54) is 0 Å². The smallest absolute Gasteiger partial charge is 0.238 e. The van der Waals surface area contributed by atoms with Crippen LogP contribution in [0.2, 0.25) is 0 Å². The SMILES string of the molecule is CC1=C[C@H]2N(c3ccccc31)[C@@H](C(=O)c1ccccc1)[C@@H](C(=O)c1ccc3c(c1)OCO3)[C@]21C(=O)Nc2ccccc21. The largest absolute Gasteiger partial charge is 0.454 e. The Kier molecular flexibility index (Phi) is 5.22. The number of nitrogens with zero attached hydrogens (tertiary/aromatic N) is 1. The average Bonchev–Trinajstić information content (AvgIpc) is 3.70. The van der Waals surface area contributed by atoms with Crippen LogP contribution in [0.1, 0.15) is 38.8 Å². The van der Waals surface area contributed by atoms with Crippen molar-refractivity contribution >= 4 is 34.4 Å². The zero-order chi connectivity index (χ0) is 28.6. The van der Waals surface area contributed by atoms with Crippen LogP contribution < -0.4 is 19.7 Å². The molecule has 4 atom stereocenters. The summed E-state index contributed by atoms with van der Waals surface area (Å²) in [6.45, 7) is 2.09. The van der Waals surface area contributed by atoms with Gasteiger partial charge in [-0.2, -0.15) is 0 Å². The van der Waals surface area contributed by atoms with E-state index in [2.05, 4.69) is 11.4 Å². The Labute approximate surface area is 242 Å². The molecule has 206 valence electrons. The fourth-order valence-electron chi connectivity index (χ4n) is 7.39. The Bertz CT molecular complexity index is 1850. The monoisotopic (exact) mass is 554 g/mol. The van der Waals surface area contributed by atoms with E-state index in [0.29, 0.717) is 28.3 Å². The summed E-state index contributed by atoms with van der Waals surface area (Å²) in [6, 6.07) is 27.9. The summed E-state index contributed by atoms with van der Waals surface area (Å²) >= 11 is 0. The molecule has 4 heterocycles. The lowest BCUT2D eigenvalue weighted by Gasteiger charge is -2.39. The van der Waals surface area contributed by atoms with Crippen molar-refractivity contribution in [3.05, 3.63) is 125 Å². The van der Waals surface area contributed by atoms with E-state index >= 15 is 0 Å². The van der Waals surface area contributed by atoms with Crippen LogP contribution >= 0.6 is 0 Å². The summed E-state index contributed by atoms with van der Waals surface area (Å²) in [7, 11) is 0. The van der Waals surface area contributed by atoms with Gasteiger partial charge in [-0.3, -0.25) is 14.4 Å². The molecule has 8 rings (SSSR count). The van der Waals surface area contributed by atoms with Crippen molar-refractivity contribution in [2.24, 2.45) is 5.92 Å². The summed E-state index contributed by atoms with van der Waals surface area (Å²) < 4.78 is 11.1. The molecule has 7 heteroatoms. The van der Waals surface area contributed by atoms with Crippen LogP contribution in [0.3, 0.4) is 0 Å². The first-order valence-corrected chi connectivity index (χ1v) is 14.0. The van der Waals surface area contributed by atoms with Gasteiger partial charge < -0.3 is 19.7 Å². The van der Waals surface area contributed by atoms with E-state index in [-0.39, 0.29) is 24.3 Å². The number of hydrogen-bond acceptors (Lipinski definition) is 6. The zero-order valence-corrected chi connectivity index (χ0v) is 22.7. The lowest BCUT2D eigenvalue weighted by molar-refractivity contribution is -0.121. The number of Topliss-reactive ketones (excluding diaryl/α,β-unsaturated/α-hetero) is 2. The van der Waals surface area contributed by atoms with Crippen LogP contribution in [0.5, 0.6) is 11.5 Å². The second-order valence-electron chi connectivity index (χ2n) is 11.2. The van der Waals surface area contributed by atoms with Gasteiger partial charge in [0.25, 0.3) is 0 Å². The van der Waals surface area contributed by atoms with E-state index in [4.69, 9.17) is 9.47 Å². The van der Waals surface area contributed by atoms with Crippen LogP contribution in [0.4, 0.5) is 11.4 Å². The molecule has 0 radical (unpaired) electrons. The molecule has 4 aromatic rings. The predicted octanol–water partition coefficient (Wildman–Crippen LogP) is 5.66. The zero-order valence-electron chi connectivity index (χ0n) is 22.7. The Morgan fingerprint density at radius 3 is 2.43 bits per heavy atom. The van der Waals surface area contributed by atoms with Crippen molar-refractivity contribution in [3.8, 4) is 11.5 Å². The number of hydrogen-bond donors (Lipinski definition) is 1. The van der Waals surface area contributed by atoms with Gasteiger partial charge in [-0.1, -0.05) is 72.8 Å². The first-order valence-electron chi connectivity index (χ1n) is 14.0. The maximum atomic E-state index is 15.0. The summed E-state index contributed by atoms with van der Waals surface area (Å²) in [5.41, 5.74) is 3.64. The molecule has 1 N–H and O–H groups in total. The molecule has 1 amide bonds. The molecule has 7 nitrogen and oxygen atoms in total. The van der Waals surface area contributed by atoms with Gasteiger partial charge in [0.15, 0.2) is 23.1 Å². The highest BCUT2D eigenvalue weighted by Gasteiger charge is 2.70. The maximum absolute atomic E-state index is 15.0. The van der Waals surface area contributed by atoms with Crippen LogP contribution in [0.15, 0.2) is 103 Å². The van der Waals surface area contributed by atoms with Gasteiger partial charge in [0.2, 0.25) is 12.7 Å². The molecule has 4 aromatic carbocycles. The second kappa shape index (κ2) is 8.91. The highest BCUT2D eigenvalue weighted by atomic mass is 16.7. The number of ketones is 2. The molecule has 0 unspecified atom stereocenters. The van der Waals surface area contributed by atoms with Gasteiger partial charge in [-0.15, -0.1) is 0 Å². The maximum Gasteiger partial charge on any atom is 0.238 e. The number of allylic oxidation sites excluding steroid dienone is 1. The Morgan fingerprint density at radius 1 is 0.833 bits per heavy atom. The van der Waals surface area contributed by atoms with Crippen molar-refractivity contribution in [2.45, 2.75) is 24.4 Å². The van der Waals surface area contributed by atoms with Crippen molar-refractivity contribution in [3.63, 3.8) is 0 Å². The molecule has 0 aliphatic carbocycles. The molecule has 4 aliphatic heterocycles. The van der Waals surface area contributed by atoms with Crippen LogP contribution in [-0.2, 0) is 10.2 Å². The van der Waals surface area contributed by atoms with Crippen LogP contribution in [0, 0.1) is 5.92 Å². The number of anilines is 2. The van der Waals surface area contributed by atoms with E-state index in [9.17, 15) is 14.4 Å². The molecule has 0 aromatic heterocycles. The Hall–Kier alpha value is -5.17. The lowest BCUT2D eigenvalue weighted by atomic mass is 9.64. The number of carbonyl (C=O) groups is 3. The number of rotatable bonds is 4. The normalized spacial score (nSPS) is 24.5. The first kappa shape index (κ1) is 24.6. The second-order valence-corrected chi connectivity index (χ2v) is 11.2. The van der Waals surface area contributed by atoms with Gasteiger partial charge in [0.1, 0.15) is 11.5 Å². The van der Waals surface area contributed by atoms with Gasteiger partial charge in [0.05, 0.1) is 12.0 Å². The van der Waals surface area contributed by atoms with Gasteiger partial charge in [-0.05, 0) is 48.4 Å². The molecule has 42 heavy (non-hydrogen) atoms. The lowest BCUT2D eigenvalue weighted by Crippen LogP contribution is -2.51. The van der Waals surface area contributed by atoms with E-state index in [0.717, 1.165) is 22.4 Å². The highest BCUT2D eigenvalue weighted by molar-refractivity contribution is 6.18. The number of ether oxygens (including phenoxy) is 2. The van der Waals surface area contributed by atoms with Crippen molar-refractivity contribution < 1.29 is 23.9 Å². The molecule has 4 aliphatic rings. The number of fused-ring (bicyclic) bond motifs is 7. The minimum absolute atomic E-state index is 0.0714. The number of carbonyl (C=O) groups excluding carboxylic acids is 3. The van der Waals surface area contributed by atoms with Crippen LogP contribution in [0.25, 0.3) is 5.57 Å². The standard InChI is InChI=1S/C35H26N2O5/c1-20-17-29-35(24-12-6-7-13-25(24)36-34(35)40)30(32(38)22-15-16-27-28(18-22)42-19-41-27)31(33(39)21-9-3-2-4-10-21)37(29)26-14-8-5-11-23(20)26/h2-18,29-31H,19H2,1H3,(H,36,40)/t29-,30+,31-,35-/m1/s1. The molecule has 1 spiro atoms. The molecular formula is C35H26N2O5. The molecule has 1 fully saturated rings.